The van der Waals surface area contributed by atoms with E-state index in [4.69, 9.17) is 26.1 Å². The van der Waals surface area contributed by atoms with E-state index < -0.39 is 0 Å². The van der Waals surface area contributed by atoms with Crippen LogP contribution in [0.1, 0.15) is 12.6 Å². The van der Waals surface area contributed by atoms with Gasteiger partial charge in [-0.05, 0) is 37.3 Å². The molecule has 0 fully saturated rings. The lowest BCUT2D eigenvalue weighted by Crippen LogP contribution is -2.00. The van der Waals surface area contributed by atoms with Crippen molar-refractivity contribution in [3.05, 3.63) is 58.6 Å². The quantitative estimate of drug-likeness (QED) is 0.291. The lowest BCUT2D eigenvalue weighted by molar-refractivity contribution is 0.355. The Morgan fingerprint density at radius 1 is 1.03 bits per heavy atom. The van der Waals surface area contributed by atoms with Crippen molar-refractivity contribution in [2.45, 2.75) is 24.4 Å². The highest BCUT2D eigenvalue weighted by Crippen LogP contribution is 2.34. The third kappa shape index (κ3) is 4.71. The number of hydrogen-bond donors (Lipinski definition) is 0. The van der Waals surface area contributed by atoms with Crippen LogP contribution in [-0.4, -0.2) is 34.0 Å². The summed E-state index contributed by atoms with van der Waals surface area (Å²) in [5, 5.41) is 13.3. The second kappa shape index (κ2) is 9.72. The molecular weight excluding hydrogens is 452 g/mol. The van der Waals surface area contributed by atoms with Crippen LogP contribution in [-0.2, 0) is 12.3 Å². The summed E-state index contributed by atoms with van der Waals surface area (Å²) in [6, 6.07) is 13.5. The van der Waals surface area contributed by atoms with Gasteiger partial charge < -0.3 is 14.0 Å². The van der Waals surface area contributed by atoms with E-state index in [1.54, 1.807) is 37.3 Å². The highest BCUT2D eigenvalue weighted by molar-refractivity contribution is 7.98. The summed E-state index contributed by atoms with van der Waals surface area (Å²) in [6.07, 6.45) is 0. The van der Waals surface area contributed by atoms with E-state index in [0.717, 1.165) is 39.4 Å². The maximum atomic E-state index is 6.14. The van der Waals surface area contributed by atoms with Gasteiger partial charge in [-0.25, -0.2) is 4.98 Å². The fourth-order valence-corrected chi connectivity index (χ4v) is 5.14. The Labute approximate surface area is 194 Å². The molecule has 160 valence electrons. The predicted octanol–water partition coefficient (Wildman–Crippen LogP) is 6.05. The second-order valence-corrected chi connectivity index (χ2v) is 8.80. The SMILES string of the molecule is CCn1c(SCc2csc(-c3ccc(OC)c(OC)c3)n2)nnc1-c1cccc(Cl)c1. The van der Waals surface area contributed by atoms with Crippen molar-refractivity contribution in [1.29, 1.82) is 0 Å². The van der Waals surface area contributed by atoms with Gasteiger partial charge in [0.05, 0.1) is 19.9 Å². The fraction of sp³-hybridized carbons (Fsp3) is 0.227. The van der Waals surface area contributed by atoms with Crippen molar-refractivity contribution in [1.82, 2.24) is 19.7 Å². The first-order valence-electron chi connectivity index (χ1n) is 9.61. The zero-order chi connectivity index (χ0) is 21.8. The van der Waals surface area contributed by atoms with Crippen LogP contribution in [0, 0.1) is 0 Å². The highest BCUT2D eigenvalue weighted by atomic mass is 35.5. The van der Waals surface area contributed by atoms with E-state index >= 15 is 0 Å². The zero-order valence-corrected chi connectivity index (χ0v) is 19.7. The molecule has 6 nitrogen and oxygen atoms in total. The van der Waals surface area contributed by atoms with Gasteiger partial charge in [0, 0.05) is 33.8 Å². The van der Waals surface area contributed by atoms with Crippen LogP contribution in [0.15, 0.2) is 53.0 Å². The largest absolute Gasteiger partial charge is 0.493 e. The van der Waals surface area contributed by atoms with E-state index in [0.29, 0.717) is 22.3 Å². The van der Waals surface area contributed by atoms with E-state index in [1.807, 2.05) is 42.5 Å². The van der Waals surface area contributed by atoms with Gasteiger partial charge >= 0.3 is 0 Å². The number of nitrogens with zero attached hydrogens (tertiary/aromatic N) is 4. The number of methoxy groups -OCH3 is 2. The number of thioether (sulfide) groups is 1. The zero-order valence-electron chi connectivity index (χ0n) is 17.3. The van der Waals surface area contributed by atoms with E-state index in [9.17, 15) is 0 Å². The summed E-state index contributed by atoms with van der Waals surface area (Å²) in [5.41, 5.74) is 2.95. The molecule has 0 bridgehead atoms. The summed E-state index contributed by atoms with van der Waals surface area (Å²) in [6.45, 7) is 2.85. The molecule has 0 aliphatic rings. The molecule has 2 aromatic heterocycles. The standard InChI is InChI=1S/C22H21ClN4O2S2/c1-4-27-20(14-6-5-7-16(23)10-14)25-26-22(27)31-13-17-12-30-21(24-17)15-8-9-18(28-2)19(11-15)29-3/h5-12H,4,13H2,1-3H3. The first-order valence-corrected chi connectivity index (χ1v) is 11.9. The Hall–Kier alpha value is -2.55. The van der Waals surface area contributed by atoms with Crippen molar-refractivity contribution >= 4 is 34.7 Å². The average Bonchev–Trinajstić information content (AvgIpc) is 3.44. The normalized spacial score (nSPS) is 11.0. The van der Waals surface area contributed by atoms with Crippen LogP contribution >= 0.6 is 34.7 Å². The first-order chi connectivity index (χ1) is 15.1. The van der Waals surface area contributed by atoms with E-state index in [-0.39, 0.29) is 0 Å². The van der Waals surface area contributed by atoms with Gasteiger partial charge in [-0.1, -0.05) is 35.5 Å². The third-order valence-electron chi connectivity index (χ3n) is 4.65. The number of hydrogen-bond acceptors (Lipinski definition) is 7. The number of thiazole rings is 1. The van der Waals surface area contributed by atoms with E-state index in [2.05, 4.69) is 27.1 Å². The number of aromatic nitrogens is 4. The Bertz CT molecular complexity index is 1190. The average molecular weight is 473 g/mol. The third-order valence-corrected chi connectivity index (χ3v) is 6.82. The first kappa shape index (κ1) is 21.7. The van der Waals surface area contributed by atoms with Crippen LogP contribution < -0.4 is 9.47 Å². The molecule has 0 N–H and O–H groups in total. The molecule has 0 amide bonds. The molecule has 0 aliphatic carbocycles. The molecule has 0 spiro atoms. The second-order valence-electron chi connectivity index (χ2n) is 6.56. The lowest BCUT2D eigenvalue weighted by Gasteiger charge is -2.08. The van der Waals surface area contributed by atoms with Crippen LogP contribution in [0.3, 0.4) is 0 Å². The van der Waals surface area contributed by atoms with Crippen molar-refractivity contribution in [2.24, 2.45) is 0 Å². The summed E-state index contributed by atoms with van der Waals surface area (Å²) in [7, 11) is 3.26. The Morgan fingerprint density at radius 2 is 1.87 bits per heavy atom. The predicted molar refractivity (Wildman–Crippen MR) is 126 cm³/mol. The van der Waals surface area contributed by atoms with Gasteiger partial charge in [-0.2, -0.15) is 0 Å². The minimum atomic E-state index is 0.683. The summed E-state index contributed by atoms with van der Waals surface area (Å²) >= 11 is 9.37. The molecular formula is C22H21ClN4O2S2. The molecule has 0 saturated carbocycles. The van der Waals surface area contributed by atoms with Crippen LogP contribution in [0.2, 0.25) is 5.02 Å². The molecule has 0 unspecified atom stereocenters. The molecule has 2 aromatic carbocycles. The smallest absolute Gasteiger partial charge is 0.191 e. The van der Waals surface area contributed by atoms with Gasteiger partial charge in [0.1, 0.15) is 5.01 Å². The molecule has 4 rings (SSSR count). The molecule has 0 radical (unpaired) electrons. The highest BCUT2D eigenvalue weighted by Gasteiger charge is 2.15. The lowest BCUT2D eigenvalue weighted by atomic mass is 10.2. The molecule has 4 aromatic rings. The summed E-state index contributed by atoms with van der Waals surface area (Å²) in [4.78, 5) is 4.78. The summed E-state index contributed by atoms with van der Waals surface area (Å²) in [5.74, 6) is 2.91. The molecule has 0 saturated heterocycles. The van der Waals surface area contributed by atoms with Gasteiger partial charge in [0.2, 0.25) is 0 Å². The maximum absolute atomic E-state index is 6.14. The van der Waals surface area contributed by atoms with Crippen LogP contribution in [0.4, 0.5) is 0 Å². The van der Waals surface area contributed by atoms with Crippen LogP contribution in [0.5, 0.6) is 11.5 Å². The summed E-state index contributed by atoms with van der Waals surface area (Å²) < 4.78 is 12.8. The van der Waals surface area contributed by atoms with Crippen LogP contribution in [0.25, 0.3) is 22.0 Å². The minimum Gasteiger partial charge on any atom is -0.493 e. The molecule has 0 aliphatic heterocycles. The van der Waals surface area contributed by atoms with Gasteiger partial charge in [-0.3, -0.25) is 0 Å². The van der Waals surface area contributed by atoms with Crippen molar-refractivity contribution < 1.29 is 9.47 Å². The molecule has 0 atom stereocenters. The number of halogens is 1. The van der Waals surface area contributed by atoms with Gasteiger partial charge in [0.15, 0.2) is 22.5 Å². The topological polar surface area (TPSA) is 62.1 Å². The Kier molecular flexibility index (Phi) is 6.80. The number of rotatable bonds is 8. The van der Waals surface area contributed by atoms with Gasteiger partial charge in [-0.15, -0.1) is 21.5 Å². The number of benzene rings is 2. The monoisotopic (exact) mass is 472 g/mol. The fourth-order valence-electron chi connectivity index (χ4n) is 3.14. The number of ether oxygens (including phenoxy) is 2. The van der Waals surface area contributed by atoms with Crippen molar-refractivity contribution in [2.75, 3.05) is 14.2 Å². The maximum Gasteiger partial charge on any atom is 0.191 e. The minimum absolute atomic E-state index is 0.683. The molecule has 31 heavy (non-hydrogen) atoms. The Morgan fingerprint density at radius 3 is 2.61 bits per heavy atom. The Balaban J connectivity index is 1.50. The molecule has 9 heteroatoms. The molecule has 2 heterocycles. The van der Waals surface area contributed by atoms with Crippen molar-refractivity contribution in [3.8, 4) is 33.5 Å². The van der Waals surface area contributed by atoms with E-state index in [1.165, 1.54) is 0 Å². The van der Waals surface area contributed by atoms with Gasteiger partial charge in [0.25, 0.3) is 0 Å². The van der Waals surface area contributed by atoms with Crippen molar-refractivity contribution in [3.63, 3.8) is 0 Å².